The Bertz CT molecular complexity index is 690. The third-order valence-corrected chi connectivity index (χ3v) is 4.46. The predicted molar refractivity (Wildman–Crippen MR) is 103 cm³/mol. The number of carbonyl (C=O) groups is 1. The standard InChI is InChI=1S/C21H25N3O/c25-21(18-11-5-3-6-12-18)20(17-24-15-9-1-2-10-16-24)23-22-19-13-7-4-8-14-19/h3-8,11-14,22H,1-2,9-10,15-17H2/b23-20-. The summed E-state index contributed by atoms with van der Waals surface area (Å²) >= 11 is 0. The molecule has 130 valence electrons. The number of Topliss-reactive ketones (excluding diaryl/α,β-unsaturated/α-hetero) is 1. The third-order valence-electron chi connectivity index (χ3n) is 4.46. The lowest BCUT2D eigenvalue weighted by Crippen LogP contribution is -2.35. The molecule has 0 amide bonds. The molecule has 25 heavy (non-hydrogen) atoms. The van der Waals surface area contributed by atoms with Gasteiger partial charge in [-0.1, -0.05) is 61.4 Å². The van der Waals surface area contributed by atoms with E-state index in [1.165, 1.54) is 25.7 Å². The van der Waals surface area contributed by atoms with Gasteiger partial charge in [-0.05, 0) is 38.1 Å². The number of hydrazone groups is 1. The summed E-state index contributed by atoms with van der Waals surface area (Å²) in [6.07, 6.45) is 4.94. The monoisotopic (exact) mass is 335 g/mol. The molecule has 1 saturated heterocycles. The normalized spacial score (nSPS) is 16.2. The number of rotatable bonds is 6. The predicted octanol–water partition coefficient (Wildman–Crippen LogP) is 4.21. The van der Waals surface area contributed by atoms with Crippen LogP contribution in [0.25, 0.3) is 0 Å². The molecule has 0 unspecified atom stereocenters. The molecular weight excluding hydrogens is 310 g/mol. The van der Waals surface area contributed by atoms with Crippen molar-refractivity contribution in [3.05, 3.63) is 66.2 Å². The number of likely N-dealkylation sites (tertiary alicyclic amines) is 1. The quantitative estimate of drug-likeness (QED) is 0.488. The highest BCUT2D eigenvalue weighted by atomic mass is 16.1. The van der Waals surface area contributed by atoms with Crippen LogP contribution in [0.2, 0.25) is 0 Å². The van der Waals surface area contributed by atoms with Gasteiger partial charge in [0.2, 0.25) is 5.78 Å². The van der Waals surface area contributed by atoms with Gasteiger partial charge >= 0.3 is 0 Å². The Labute approximate surface area is 149 Å². The summed E-state index contributed by atoms with van der Waals surface area (Å²) in [7, 11) is 0. The van der Waals surface area contributed by atoms with Crippen molar-refractivity contribution in [1.82, 2.24) is 4.90 Å². The highest BCUT2D eigenvalue weighted by Gasteiger charge is 2.19. The number of hydrogen-bond donors (Lipinski definition) is 1. The second-order valence-corrected chi connectivity index (χ2v) is 6.42. The van der Waals surface area contributed by atoms with Gasteiger partial charge in [0.25, 0.3) is 0 Å². The first kappa shape index (κ1) is 17.4. The van der Waals surface area contributed by atoms with Crippen molar-refractivity contribution in [2.24, 2.45) is 5.10 Å². The summed E-state index contributed by atoms with van der Waals surface area (Å²) in [5, 5.41) is 4.47. The zero-order valence-corrected chi connectivity index (χ0v) is 14.5. The van der Waals surface area contributed by atoms with E-state index in [1.54, 1.807) is 0 Å². The zero-order valence-electron chi connectivity index (χ0n) is 14.5. The first-order chi connectivity index (χ1) is 12.3. The van der Waals surface area contributed by atoms with Gasteiger partial charge in [-0.25, -0.2) is 0 Å². The van der Waals surface area contributed by atoms with Crippen LogP contribution < -0.4 is 5.43 Å². The molecule has 3 rings (SSSR count). The van der Waals surface area contributed by atoms with Gasteiger partial charge in [-0.3, -0.25) is 15.1 Å². The van der Waals surface area contributed by atoms with E-state index in [9.17, 15) is 4.79 Å². The lowest BCUT2D eigenvalue weighted by Gasteiger charge is -2.20. The van der Waals surface area contributed by atoms with Crippen molar-refractivity contribution in [3.63, 3.8) is 0 Å². The van der Waals surface area contributed by atoms with Crippen LogP contribution in [0.15, 0.2) is 65.8 Å². The molecule has 0 atom stereocenters. The Balaban J connectivity index is 1.78. The van der Waals surface area contributed by atoms with Crippen LogP contribution in [-0.2, 0) is 0 Å². The SMILES string of the molecule is O=C(/C(CN1CCCCCC1)=N\Nc1ccccc1)c1ccccc1. The molecular formula is C21H25N3O. The van der Waals surface area contributed by atoms with Crippen molar-refractivity contribution in [1.29, 1.82) is 0 Å². The lowest BCUT2D eigenvalue weighted by atomic mass is 10.1. The number of nitrogens with zero attached hydrogens (tertiary/aromatic N) is 2. The highest BCUT2D eigenvalue weighted by Crippen LogP contribution is 2.12. The highest BCUT2D eigenvalue weighted by molar-refractivity contribution is 6.46. The second-order valence-electron chi connectivity index (χ2n) is 6.42. The summed E-state index contributed by atoms with van der Waals surface area (Å²) in [6.45, 7) is 2.66. The van der Waals surface area contributed by atoms with Crippen LogP contribution in [0, 0.1) is 0 Å². The first-order valence-electron chi connectivity index (χ1n) is 9.02. The van der Waals surface area contributed by atoms with E-state index in [0.29, 0.717) is 17.8 Å². The van der Waals surface area contributed by atoms with Gasteiger partial charge in [-0.2, -0.15) is 5.10 Å². The third kappa shape index (κ3) is 5.26. The van der Waals surface area contributed by atoms with E-state index >= 15 is 0 Å². The Morgan fingerprint density at radius 1 is 0.880 bits per heavy atom. The fourth-order valence-electron chi connectivity index (χ4n) is 3.06. The molecule has 0 spiro atoms. The Morgan fingerprint density at radius 3 is 2.12 bits per heavy atom. The summed E-state index contributed by atoms with van der Waals surface area (Å²) in [5.41, 5.74) is 5.18. The second kappa shape index (κ2) is 9.14. The van der Waals surface area contributed by atoms with Gasteiger partial charge in [0.05, 0.1) is 5.69 Å². The van der Waals surface area contributed by atoms with Gasteiger partial charge < -0.3 is 0 Å². The fourth-order valence-corrected chi connectivity index (χ4v) is 3.06. The molecule has 2 aromatic rings. The molecule has 0 aliphatic carbocycles. The van der Waals surface area contributed by atoms with Crippen LogP contribution in [0.1, 0.15) is 36.0 Å². The molecule has 0 bridgehead atoms. The number of ketones is 1. The van der Waals surface area contributed by atoms with Crippen molar-refractivity contribution in [2.45, 2.75) is 25.7 Å². The first-order valence-corrected chi connectivity index (χ1v) is 9.02. The van der Waals surface area contributed by atoms with Crippen LogP contribution in [-0.4, -0.2) is 36.0 Å². The average molecular weight is 335 g/mol. The number of benzene rings is 2. The topological polar surface area (TPSA) is 44.7 Å². The maximum atomic E-state index is 12.9. The smallest absolute Gasteiger partial charge is 0.210 e. The largest absolute Gasteiger partial charge is 0.297 e. The molecule has 4 nitrogen and oxygen atoms in total. The molecule has 1 aliphatic rings. The Kier molecular flexibility index (Phi) is 6.35. The van der Waals surface area contributed by atoms with Gasteiger partial charge in [0.15, 0.2) is 0 Å². The molecule has 0 saturated carbocycles. The number of hydrogen-bond acceptors (Lipinski definition) is 4. The maximum Gasteiger partial charge on any atom is 0.210 e. The Morgan fingerprint density at radius 2 is 1.48 bits per heavy atom. The molecule has 1 aliphatic heterocycles. The number of anilines is 1. The number of para-hydroxylation sites is 1. The minimum atomic E-state index is -0.00622. The summed E-state index contributed by atoms with van der Waals surface area (Å²) < 4.78 is 0. The van der Waals surface area contributed by atoms with Crippen molar-refractivity contribution >= 4 is 17.2 Å². The number of carbonyl (C=O) groups excluding carboxylic acids is 1. The molecule has 1 heterocycles. The Hall–Kier alpha value is -2.46. The van der Waals surface area contributed by atoms with E-state index < -0.39 is 0 Å². The van der Waals surface area contributed by atoms with E-state index in [1.807, 2.05) is 60.7 Å². The van der Waals surface area contributed by atoms with Gasteiger partial charge in [-0.15, -0.1) is 0 Å². The summed E-state index contributed by atoms with van der Waals surface area (Å²) in [4.78, 5) is 15.3. The molecule has 1 N–H and O–H groups in total. The van der Waals surface area contributed by atoms with E-state index in [4.69, 9.17) is 0 Å². The van der Waals surface area contributed by atoms with E-state index in [2.05, 4.69) is 15.4 Å². The molecule has 2 aromatic carbocycles. The molecule has 0 radical (unpaired) electrons. The van der Waals surface area contributed by atoms with E-state index in [0.717, 1.165) is 18.8 Å². The molecule has 4 heteroatoms. The van der Waals surface area contributed by atoms with Crippen LogP contribution >= 0.6 is 0 Å². The average Bonchev–Trinajstić information content (AvgIpc) is 2.95. The van der Waals surface area contributed by atoms with Crippen molar-refractivity contribution < 1.29 is 4.79 Å². The van der Waals surface area contributed by atoms with Gasteiger partial charge in [0.1, 0.15) is 5.71 Å². The molecule has 1 fully saturated rings. The van der Waals surface area contributed by atoms with Crippen molar-refractivity contribution in [2.75, 3.05) is 25.1 Å². The van der Waals surface area contributed by atoms with Crippen LogP contribution in [0.5, 0.6) is 0 Å². The minimum absolute atomic E-state index is 0.00622. The summed E-state index contributed by atoms with van der Waals surface area (Å²) in [6, 6.07) is 19.2. The van der Waals surface area contributed by atoms with E-state index in [-0.39, 0.29) is 5.78 Å². The zero-order chi connectivity index (χ0) is 17.3. The van der Waals surface area contributed by atoms with Crippen LogP contribution in [0.3, 0.4) is 0 Å². The maximum absolute atomic E-state index is 12.9. The minimum Gasteiger partial charge on any atom is -0.297 e. The molecule has 0 aromatic heterocycles. The lowest BCUT2D eigenvalue weighted by molar-refractivity contribution is 0.106. The van der Waals surface area contributed by atoms with Crippen molar-refractivity contribution in [3.8, 4) is 0 Å². The number of nitrogens with one attached hydrogen (secondary N) is 1. The van der Waals surface area contributed by atoms with Gasteiger partial charge in [0, 0.05) is 12.1 Å². The summed E-state index contributed by atoms with van der Waals surface area (Å²) in [5.74, 6) is -0.00622. The fraction of sp³-hybridized carbons (Fsp3) is 0.333. The van der Waals surface area contributed by atoms with Crippen LogP contribution in [0.4, 0.5) is 5.69 Å².